The van der Waals surface area contributed by atoms with Crippen molar-refractivity contribution in [3.63, 3.8) is 0 Å². The molecule has 0 aromatic heterocycles. The Kier molecular flexibility index (Phi) is 2.80. The van der Waals surface area contributed by atoms with E-state index in [1.54, 1.807) is 0 Å². The van der Waals surface area contributed by atoms with Gasteiger partial charge in [-0.2, -0.15) is 5.32 Å². The first-order valence-electron chi connectivity index (χ1n) is 5.89. The van der Waals surface area contributed by atoms with Gasteiger partial charge in [-0.05, 0) is 24.1 Å². The zero-order chi connectivity index (χ0) is 11.5. The van der Waals surface area contributed by atoms with Crippen LogP contribution in [-0.4, -0.2) is 6.54 Å². The monoisotopic (exact) mass is 224 g/mol. The number of nitrogens with zero attached hydrogens (tertiary/aromatic N) is 1. The van der Waals surface area contributed by atoms with Gasteiger partial charge in [-0.25, -0.2) is 0 Å². The Morgan fingerprint density at radius 3 is 2.59 bits per heavy atom. The smallest absolute Gasteiger partial charge is 0.191 e. The second-order valence-electron chi connectivity index (χ2n) is 4.14. The molecule has 0 fully saturated rings. The molecule has 0 bridgehead atoms. The molecule has 1 aliphatic rings. The topological polar surface area (TPSA) is 23.3 Å². The van der Waals surface area contributed by atoms with E-state index in [2.05, 4.69) is 23.5 Å². The number of fused-ring (bicyclic) bond motifs is 1. The van der Waals surface area contributed by atoms with Crippen molar-refractivity contribution in [2.24, 2.45) is 0 Å². The first kappa shape index (κ1) is 10.4. The second-order valence-corrected chi connectivity index (χ2v) is 4.14. The lowest BCUT2D eigenvalue weighted by atomic mass is 10.00. The molecule has 0 saturated heterocycles. The van der Waals surface area contributed by atoms with Crippen molar-refractivity contribution in [1.29, 1.82) is 0 Å². The average molecular weight is 224 g/mol. The fraction of sp³-hybridized carbons (Fsp3) is 0.200. The Labute approximate surface area is 101 Å². The van der Waals surface area contributed by atoms with Crippen molar-refractivity contribution in [1.82, 2.24) is 5.32 Å². The minimum absolute atomic E-state index is 0.151. The van der Waals surface area contributed by atoms with Crippen molar-refractivity contribution in [3.8, 4) is 5.75 Å². The van der Waals surface area contributed by atoms with Crippen LogP contribution in [0.25, 0.3) is 0 Å². The summed E-state index contributed by atoms with van der Waals surface area (Å²) in [5.74, 6) is 0.873. The van der Waals surface area contributed by atoms with Crippen LogP contribution >= 0.6 is 0 Å². The quantitative estimate of drug-likeness (QED) is 0.769. The van der Waals surface area contributed by atoms with Crippen molar-refractivity contribution in [3.05, 3.63) is 65.7 Å². The van der Waals surface area contributed by atoms with Crippen molar-refractivity contribution >= 4 is 0 Å². The van der Waals surface area contributed by atoms with Gasteiger partial charge in [0.05, 0.1) is 0 Å². The third-order valence-corrected chi connectivity index (χ3v) is 2.99. The molecule has 0 N–H and O–H groups in total. The Bertz CT molecular complexity index is 495. The van der Waals surface area contributed by atoms with Gasteiger partial charge in [0.1, 0.15) is 5.75 Å². The van der Waals surface area contributed by atoms with E-state index in [1.165, 1.54) is 11.1 Å². The van der Waals surface area contributed by atoms with Gasteiger partial charge < -0.3 is 4.74 Å². The number of para-hydroxylation sites is 1. The summed E-state index contributed by atoms with van der Waals surface area (Å²) in [4.78, 5) is 0. The van der Waals surface area contributed by atoms with Gasteiger partial charge >= 0.3 is 0 Å². The van der Waals surface area contributed by atoms with E-state index in [0.717, 1.165) is 18.7 Å². The first-order valence-corrected chi connectivity index (χ1v) is 5.89. The molecule has 2 aromatic rings. The van der Waals surface area contributed by atoms with Crippen molar-refractivity contribution in [2.75, 3.05) is 6.54 Å². The fourth-order valence-electron chi connectivity index (χ4n) is 2.13. The highest BCUT2D eigenvalue weighted by molar-refractivity contribution is 5.32. The molecule has 1 aliphatic heterocycles. The van der Waals surface area contributed by atoms with Crippen LogP contribution in [-0.2, 0) is 6.42 Å². The number of ether oxygens (including phenoxy) is 1. The van der Waals surface area contributed by atoms with Crippen LogP contribution < -0.4 is 10.1 Å². The predicted molar refractivity (Wildman–Crippen MR) is 67.0 cm³/mol. The third kappa shape index (κ3) is 2.17. The average Bonchev–Trinajstić information content (AvgIpc) is 2.40. The molecule has 1 unspecified atom stereocenters. The summed E-state index contributed by atoms with van der Waals surface area (Å²) in [6.07, 6.45) is 0.868. The van der Waals surface area contributed by atoms with Gasteiger partial charge in [-0.1, -0.05) is 42.5 Å². The summed E-state index contributed by atoms with van der Waals surface area (Å²) < 4.78 is 5.92. The molecule has 1 heterocycles. The maximum Gasteiger partial charge on any atom is 0.191 e. The first-order chi connectivity index (χ1) is 8.43. The Balaban J connectivity index is 1.86. The highest BCUT2D eigenvalue weighted by atomic mass is 16.5. The van der Waals surface area contributed by atoms with Gasteiger partial charge in [0.2, 0.25) is 0 Å². The van der Waals surface area contributed by atoms with Crippen molar-refractivity contribution in [2.45, 2.75) is 12.6 Å². The molecular formula is C15H14NO. The zero-order valence-electron chi connectivity index (χ0n) is 9.54. The lowest BCUT2D eigenvalue weighted by Crippen LogP contribution is -2.27. The highest BCUT2D eigenvalue weighted by Crippen LogP contribution is 2.26. The molecule has 2 aromatic carbocycles. The Morgan fingerprint density at radius 2 is 1.71 bits per heavy atom. The maximum absolute atomic E-state index is 5.92. The zero-order valence-corrected chi connectivity index (χ0v) is 9.54. The van der Waals surface area contributed by atoms with E-state index < -0.39 is 0 Å². The number of benzene rings is 2. The number of hydrogen-bond donors (Lipinski definition) is 0. The van der Waals surface area contributed by atoms with Crippen LogP contribution in [0.1, 0.15) is 17.4 Å². The number of hydrogen-bond acceptors (Lipinski definition) is 1. The van der Waals surface area contributed by atoms with Gasteiger partial charge in [0.25, 0.3) is 0 Å². The molecule has 17 heavy (non-hydrogen) atoms. The predicted octanol–water partition coefficient (Wildman–Crippen LogP) is 2.92. The van der Waals surface area contributed by atoms with E-state index in [0.29, 0.717) is 0 Å². The van der Waals surface area contributed by atoms with E-state index in [4.69, 9.17) is 4.74 Å². The summed E-state index contributed by atoms with van der Waals surface area (Å²) in [6.45, 7) is 0.842. The highest BCUT2D eigenvalue weighted by Gasteiger charge is 2.21. The standard InChI is InChI=1S/C15H14NO/c1-2-7-13(8-3-1)17-15-14-9-5-4-6-12(14)10-11-16-15/h1-9,15H,10-11H2. The maximum atomic E-state index is 5.92. The molecule has 2 heteroatoms. The lowest BCUT2D eigenvalue weighted by Gasteiger charge is -2.25. The van der Waals surface area contributed by atoms with Gasteiger partial charge in [0.15, 0.2) is 6.23 Å². The molecule has 1 radical (unpaired) electrons. The molecule has 0 spiro atoms. The summed E-state index contributed by atoms with van der Waals surface area (Å²) in [5, 5.41) is 4.54. The fourth-order valence-corrected chi connectivity index (χ4v) is 2.13. The van der Waals surface area contributed by atoms with Gasteiger partial charge in [-0.3, -0.25) is 0 Å². The minimum atomic E-state index is -0.151. The molecule has 3 rings (SSSR count). The SMILES string of the molecule is c1ccc(OC2[N]CCc3ccccc32)cc1. The van der Waals surface area contributed by atoms with Crippen LogP contribution in [0, 0.1) is 0 Å². The van der Waals surface area contributed by atoms with Crippen LogP contribution in [0.4, 0.5) is 0 Å². The van der Waals surface area contributed by atoms with Crippen LogP contribution in [0.15, 0.2) is 54.6 Å². The minimum Gasteiger partial charge on any atom is -0.470 e. The van der Waals surface area contributed by atoms with E-state index in [-0.39, 0.29) is 6.23 Å². The molecular weight excluding hydrogens is 210 g/mol. The molecule has 1 atom stereocenters. The van der Waals surface area contributed by atoms with Gasteiger partial charge in [0, 0.05) is 12.1 Å². The Hall–Kier alpha value is -1.80. The second kappa shape index (κ2) is 4.60. The summed E-state index contributed by atoms with van der Waals surface area (Å²) in [6, 6.07) is 18.2. The van der Waals surface area contributed by atoms with Crippen LogP contribution in [0.2, 0.25) is 0 Å². The molecule has 0 saturated carbocycles. The number of rotatable bonds is 2. The van der Waals surface area contributed by atoms with E-state index in [9.17, 15) is 0 Å². The normalized spacial score (nSPS) is 18.5. The van der Waals surface area contributed by atoms with Gasteiger partial charge in [-0.15, -0.1) is 0 Å². The Morgan fingerprint density at radius 1 is 0.941 bits per heavy atom. The van der Waals surface area contributed by atoms with Crippen molar-refractivity contribution < 1.29 is 4.74 Å². The molecule has 2 nitrogen and oxygen atoms in total. The lowest BCUT2D eigenvalue weighted by molar-refractivity contribution is 0.154. The van der Waals surface area contributed by atoms with E-state index in [1.807, 2.05) is 36.4 Å². The van der Waals surface area contributed by atoms with E-state index >= 15 is 0 Å². The third-order valence-electron chi connectivity index (χ3n) is 2.99. The molecule has 0 amide bonds. The summed E-state index contributed by atoms with van der Waals surface area (Å²) >= 11 is 0. The largest absolute Gasteiger partial charge is 0.470 e. The summed E-state index contributed by atoms with van der Waals surface area (Å²) in [5.41, 5.74) is 2.55. The molecule has 85 valence electrons. The summed E-state index contributed by atoms with van der Waals surface area (Å²) in [7, 11) is 0. The van der Waals surface area contributed by atoms with Crippen LogP contribution in [0.5, 0.6) is 5.75 Å². The molecule has 0 aliphatic carbocycles. The van der Waals surface area contributed by atoms with Crippen LogP contribution in [0.3, 0.4) is 0 Å².